The number of nitrogens with one attached hydrogen (secondary N) is 1. The minimum absolute atomic E-state index is 0.0714. The fourth-order valence-electron chi connectivity index (χ4n) is 2.59. The Balaban J connectivity index is 2.06. The van der Waals surface area contributed by atoms with Crippen molar-refractivity contribution < 1.29 is 9.53 Å². The number of rotatable bonds is 3. The van der Waals surface area contributed by atoms with Crippen LogP contribution in [0.15, 0.2) is 40.2 Å². The molecule has 0 spiro atoms. The first-order valence-corrected chi connectivity index (χ1v) is 8.58. The monoisotopic (exact) mass is 321 g/mol. The summed E-state index contributed by atoms with van der Waals surface area (Å²) < 4.78 is 5.22. The summed E-state index contributed by atoms with van der Waals surface area (Å²) in [5, 5.41) is 0.888. The molecule has 1 aromatic carbocycles. The molecule has 2 aromatic rings. The van der Waals surface area contributed by atoms with Crippen molar-refractivity contribution in [1.82, 2.24) is 4.98 Å². The fraction of sp³-hybridized carbons (Fsp3) is 0.333. The summed E-state index contributed by atoms with van der Waals surface area (Å²) in [5.41, 5.74) is 1.05. The molecule has 0 aliphatic carbocycles. The first kappa shape index (κ1) is 14.4. The van der Waals surface area contributed by atoms with Crippen LogP contribution in [0.25, 0.3) is 0 Å². The minimum atomic E-state index is -0.253. The van der Waals surface area contributed by atoms with Crippen molar-refractivity contribution in [3.05, 3.63) is 50.4 Å². The zero-order valence-electron chi connectivity index (χ0n) is 11.5. The van der Waals surface area contributed by atoms with Gasteiger partial charge in [-0.2, -0.15) is 0 Å². The van der Waals surface area contributed by atoms with Gasteiger partial charge in [0.15, 0.2) is 0 Å². The lowest BCUT2D eigenvalue weighted by atomic mass is 9.86. The Morgan fingerprint density at radius 2 is 2.14 bits per heavy atom. The lowest BCUT2D eigenvalue weighted by Gasteiger charge is -2.29. The molecule has 2 heterocycles. The van der Waals surface area contributed by atoms with Crippen LogP contribution in [0.1, 0.15) is 23.3 Å². The van der Waals surface area contributed by atoms with E-state index in [-0.39, 0.29) is 22.7 Å². The number of fused-ring (bicyclic) bond motifs is 1. The molecule has 2 atom stereocenters. The van der Waals surface area contributed by atoms with Crippen LogP contribution in [0, 0.1) is 5.92 Å². The number of carbonyl (C=O) groups excluding carboxylic acids is 1. The summed E-state index contributed by atoms with van der Waals surface area (Å²) >= 11 is 2.72. The van der Waals surface area contributed by atoms with E-state index < -0.39 is 0 Å². The highest BCUT2D eigenvalue weighted by molar-refractivity contribution is 7.99. The van der Waals surface area contributed by atoms with Crippen molar-refractivity contribution >= 4 is 29.1 Å². The van der Waals surface area contributed by atoms with Crippen LogP contribution in [0.2, 0.25) is 0 Å². The average Bonchev–Trinajstić information content (AvgIpc) is 2.87. The van der Waals surface area contributed by atoms with Crippen LogP contribution in [-0.4, -0.2) is 23.3 Å². The number of hydrogen-bond donors (Lipinski definition) is 1. The first-order chi connectivity index (χ1) is 10.2. The quantitative estimate of drug-likeness (QED) is 0.883. The Bertz CT molecular complexity index is 692. The van der Waals surface area contributed by atoms with Crippen molar-refractivity contribution in [1.29, 1.82) is 0 Å². The smallest absolute Gasteiger partial charge is 0.310 e. The zero-order chi connectivity index (χ0) is 14.8. The third kappa shape index (κ3) is 2.78. The normalized spacial score (nSPS) is 20.8. The van der Waals surface area contributed by atoms with Gasteiger partial charge in [0.1, 0.15) is 0 Å². The lowest BCUT2D eigenvalue weighted by Crippen LogP contribution is -2.29. The van der Waals surface area contributed by atoms with Crippen LogP contribution in [0.3, 0.4) is 0 Å². The minimum Gasteiger partial charge on any atom is -0.466 e. The maximum Gasteiger partial charge on any atom is 0.310 e. The first-order valence-electron chi connectivity index (χ1n) is 6.78. The Morgan fingerprint density at radius 1 is 1.38 bits per heavy atom. The Hall–Kier alpha value is -1.53. The molecular weight excluding hydrogens is 306 g/mol. The van der Waals surface area contributed by atoms with Crippen LogP contribution in [-0.2, 0) is 9.53 Å². The van der Waals surface area contributed by atoms with Gasteiger partial charge in [-0.1, -0.05) is 41.7 Å². The maximum atomic E-state index is 12.3. The van der Waals surface area contributed by atoms with E-state index in [4.69, 9.17) is 4.74 Å². The van der Waals surface area contributed by atoms with E-state index in [1.807, 2.05) is 37.3 Å². The number of thiazole rings is 1. The standard InChI is InChI=1S/C15H15NO3S2/c1-2-19-14(17)10-8-20-13-12(21-15(18)16-13)11(10)9-6-4-3-5-7-9/h3-7,10-11H,2,8H2,1H3,(H,16,18)/t10-,11-/m1/s1. The van der Waals surface area contributed by atoms with Crippen molar-refractivity contribution in [2.75, 3.05) is 12.4 Å². The predicted molar refractivity (Wildman–Crippen MR) is 84.1 cm³/mol. The molecule has 0 saturated heterocycles. The number of aromatic amines is 1. The SMILES string of the molecule is CCOC(=O)[C@@H]1CSc2[nH]c(=O)sc2[C@@H]1c1ccccc1. The van der Waals surface area contributed by atoms with Gasteiger partial charge in [0.05, 0.1) is 17.6 Å². The molecule has 21 heavy (non-hydrogen) atoms. The Morgan fingerprint density at radius 3 is 2.86 bits per heavy atom. The summed E-state index contributed by atoms with van der Waals surface area (Å²) in [6.45, 7) is 2.18. The van der Waals surface area contributed by atoms with Gasteiger partial charge in [0, 0.05) is 16.5 Å². The highest BCUT2D eigenvalue weighted by atomic mass is 32.2. The number of ether oxygens (including phenoxy) is 1. The van der Waals surface area contributed by atoms with E-state index in [0.29, 0.717) is 12.4 Å². The summed E-state index contributed by atoms with van der Waals surface area (Å²) in [7, 11) is 0. The highest BCUT2D eigenvalue weighted by Crippen LogP contribution is 2.45. The van der Waals surface area contributed by atoms with Gasteiger partial charge in [-0.3, -0.25) is 9.59 Å². The van der Waals surface area contributed by atoms with E-state index >= 15 is 0 Å². The van der Waals surface area contributed by atoms with Gasteiger partial charge < -0.3 is 9.72 Å². The van der Waals surface area contributed by atoms with E-state index in [0.717, 1.165) is 15.5 Å². The van der Waals surface area contributed by atoms with E-state index in [2.05, 4.69) is 4.98 Å². The molecule has 0 amide bonds. The van der Waals surface area contributed by atoms with Crippen molar-refractivity contribution in [2.24, 2.45) is 5.92 Å². The third-order valence-corrected chi connectivity index (χ3v) is 5.71. The van der Waals surface area contributed by atoms with Crippen molar-refractivity contribution in [3.8, 4) is 0 Å². The Kier molecular flexibility index (Phi) is 4.17. The van der Waals surface area contributed by atoms with E-state index in [1.54, 1.807) is 0 Å². The number of carbonyl (C=O) groups is 1. The molecule has 0 radical (unpaired) electrons. The van der Waals surface area contributed by atoms with Crippen LogP contribution < -0.4 is 4.87 Å². The van der Waals surface area contributed by atoms with E-state index in [9.17, 15) is 9.59 Å². The number of aromatic nitrogens is 1. The number of esters is 1. The fourth-order valence-corrected chi connectivity index (χ4v) is 4.99. The van der Waals surface area contributed by atoms with Gasteiger partial charge in [0.2, 0.25) is 0 Å². The van der Waals surface area contributed by atoms with Gasteiger partial charge >= 0.3 is 10.8 Å². The predicted octanol–water partition coefficient (Wildman–Crippen LogP) is 2.85. The number of thioether (sulfide) groups is 1. The summed E-state index contributed by atoms with van der Waals surface area (Å²) in [4.78, 5) is 27.7. The van der Waals surface area contributed by atoms with Crippen LogP contribution in [0.4, 0.5) is 0 Å². The molecule has 0 unspecified atom stereocenters. The number of hydrogen-bond acceptors (Lipinski definition) is 5. The lowest BCUT2D eigenvalue weighted by molar-refractivity contribution is -0.147. The zero-order valence-corrected chi connectivity index (χ0v) is 13.1. The second kappa shape index (κ2) is 6.07. The molecule has 0 bridgehead atoms. The van der Waals surface area contributed by atoms with Crippen molar-refractivity contribution in [2.45, 2.75) is 17.9 Å². The molecule has 0 fully saturated rings. The molecule has 3 rings (SSSR count). The van der Waals surface area contributed by atoms with Crippen LogP contribution in [0.5, 0.6) is 0 Å². The third-order valence-electron chi connectivity index (χ3n) is 3.48. The molecule has 1 aliphatic rings. The number of benzene rings is 1. The maximum absolute atomic E-state index is 12.3. The van der Waals surface area contributed by atoms with E-state index in [1.165, 1.54) is 23.1 Å². The van der Waals surface area contributed by atoms with Gasteiger partial charge in [-0.25, -0.2) is 0 Å². The molecule has 1 aromatic heterocycles. The second-order valence-corrected chi connectivity index (χ2v) is 6.81. The summed E-state index contributed by atoms with van der Waals surface area (Å²) in [5.74, 6) is 0.0741. The molecular formula is C15H15NO3S2. The molecule has 0 saturated carbocycles. The molecule has 1 N–H and O–H groups in total. The summed E-state index contributed by atoms with van der Waals surface area (Å²) in [6.07, 6.45) is 0. The van der Waals surface area contributed by atoms with Gasteiger partial charge in [-0.05, 0) is 12.5 Å². The Labute approximate surface area is 130 Å². The molecule has 1 aliphatic heterocycles. The van der Waals surface area contributed by atoms with Crippen LogP contribution >= 0.6 is 23.1 Å². The molecule has 4 nitrogen and oxygen atoms in total. The molecule has 6 heteroatoms. The largest absolute Gasteiger partial charge is 0.466 e. The average molecular weight is 321 g/mol. The van der Waals surface area contributed by atoms with Gasteiger partial charge in [0.25, 0.3) is 0 Å². The topological polar surface area (TPSA) is 59.2 Å². The summed E-state index contributed by atoms with van der Waals surface area (Å²) in [6, 6.07) is 9.85. The van der Waals surface area contributed by atoms with Crippen molar-refractivity contribution in [3.63, 3.8) is 0 Å². The second-order valence-electron chi connectivity index (χ2n) is 4.77. The van der Waals surface area contributed by atoms with Gasteiger partial charge in [-0.15, -0.1) is 11.8 Å². The highest BCUT2D eigenvalue weighted by Gasteiger charge is 2.38. The molecule has 110 valence electrons. The number of H-pyrrole nitrogens is 1.